The number of hydrogen-bond donors (Lipinski definition) is 2. The Bertz CT molecular complexity index is 907. The van der Waals surface area contributed by atoms with Gasteiger partial charge in [-0.15, -0.1) is 6.58 Å². The number of nitrogens with one attached hydrogen (secondary N) is 2. The normalized spacial score (nSPS) is 11.8. The molecule has 0 radical (unpaired) electrons. The van der Waals surface area contributed by atoms with Gasteiger partial charge in [-0.05, 0) is 49.7 Å². The summed E-state index contributed by atoms with van der Waals surface area (Å²) in [7, 11) is -3.81. The Labute approximate surface area is 162 Å². The van der Waals surface area contributed by atoms with Crippen LogP contribution < -0.4 is 10.0 Å². The maximum absolute atomic E-state index is 12.8. The highest BCUT2D eigenvalue weighted by atomic mass is 79.9. The van der Waals surface area contributed by atoms with Crippen LogP contribution >= 0.6 is 15.9 Å². The Kier molecular flexibility index (Phi) is 6.39. The topological polar surface area (TPSA) is 75.3 Å². The zero-order valence-electron chi connectivity index (χ0n) is 14.6. The average Bonchev–Trinajstić information content (AvgIpc) is 2.59. The van der Waals surface area contributed by atoms with Gasteiger partial charge in [0.15, 0.2) is 0 Å². The van der Waals surface area contributed by atoms with Crippen molar-refractivity contribution in [2.45, 2.75) is 24.3 Å². The van der Waals surface area contributed by atoms with Crippen molar-refractivity contribution in [3.8, 4) is 0 Å². The second-order valence-electron chi connectivity index (χ2n) is 6.26. The van der Waals surface area contributed by atoms with Crippen molar-refractivity contribution < 1.29 is 13.2 Å². The Hall–Kier alpha value is -1.96. The van der Waals surface area contributed by atoms with Crippen molar-refractivity contribution in [3.63, 3.8) is 0 Å². The molecule has 0 fully saturated rings. The highest BCUT2D eigenvalue weighted by molar-refractivity contribution is 9.10. The van der Waals surface area contributed by atoms with Gasteiger partial charge in [0.05, 0.1) is 10.4 Å². The smallest absolute Gasteiger partial charge is 0.251 e. The molecule has 0 aromatic heterocycles. The molecule has 2 rings (SSSR count). The second-order valence-corrected chi connectivity index (χ2v) is 8.86. The molecular formula is C19H21BrN2O3S. The standard InChI is InChI=1S/C19H21BrN2O3S/c1-4-12-21-18(23)14-6-5-7-17(13-14)26(24,25)22-19(2,3)15-8-10-16(20)11-9-15/h4-11,13,22H,1,12H2,2-3H3,(H,21,23). The Balaban J connectivity index is 2.28. The van der Waals surface area contributed by atoms with E-state index in [1.165, 1.54) is 12.1 Å². The Morgan fingerprint density at radius 1 is 1.19 bits per heavy atom. The van der Waals surface area contributed by atoms with Crippen LogP contribution in [0, 0.1) is 0 Å². The van der Waals surface area contributed by atoms with E-state index in [0.717, 1.165) is 10.0 Å². The van der Waals surface area contributed by atoms with Crippen LogP contribution in [-0.4, -0.2) is 20.9 Å². The molecule has 0 spiro atoms. The minimum Gasteiger partial charge on any atom is -0.349 e. The lowest BCUT2D eigenvalue weighted by molar-refractivity contribution is 0.0958. The van der Waals surface area contributed by atoms with E-state index in [1.807, 2.05) is 24.3 Å². The van der Waals surface area contributed by atoms with Crippen molar-refractivity contribution in [2.24, 2.45) is 0 Å². The molecule has 138 valence electrons. The average molecular weight is 437 g/mol. The van der Waals surface area contributed by atoms with Crippen LogP contribution in [0.15, 0.2) is 70.6 Å². The first-order valence-corrected chi connectivity index (χ1v) is 10.2. The molecule has 0 heterocycles. The molecule has 26 heavy (non-hydrogen) atoms. The number of amides is 1. The molecule has 5 nitrogen and oxygen atoms in total. The van der Waals surface area contributed by atoms with Crippen LogP contribution in [0.1, 0.15) is 29.8 Å². The van der Waals surface area contributed by atoms with Crippen LogP contribution in [0.5, 0.6) is 0 Å². The van der Waals surface area contributed by atoms with E-state index in [2.05, 4.69) is 32.5 Å². The predicted molar refractivity (Wildman–Crippen MR) is 106 cm³/mol. The monoisotopic (exact) mass is 436 g/mol. The van der Waals surface area contributed by atoms with Crippen molar-refractivity contribution in [1.82, 2.24) is 10.0 Å². The minimum absolute atomic E-state index is 0.0361. The van der Waals surface area contributed by atoms with Crippen LogP contribution in [-0.2, 0) is 15.6 Å². The quantitative estimate of drug-likeness (QED) is 0.651. The molecule has 7 heteroatoms. The molecule has 0 unspecified atom stereocenters. The summed E-state index contributed by atoms with van der Waals surface area (Å²) < 4.78 is 29.2. The lowest BCUT2D eigenvalue weighted by Gasteiger charge is -2.26. The third kappa shape index (κ3) is 5.03. The molecule has 0 aliphatic rings. The van der Waals surface area contributed by atoms with Crippen molar-refractivity contribution in [1.29, 1.82) is 0 Å². The molecule has 2 aromatic rings. The SMILES string of the molecule is C=CCNC(=O)c1cccc(S(=O)(=O)NC(C)(C)c2ccc(Br)cc2)c1. The molecular weight excluding hydrogens is 416 g/mol. The summed E-state index contributed by atoms with van der Waals surface area (Å²) in [6, 6.07) is 13.4. The van der Waals surface area contributed by atoms with Gasteiger partial charge in [0.1, 0.15) is 0 Å². The molecule has 0 bridgehead atoms. The molecule has 0 saturated carbocycles. The van der Waals surface area contributed by atoms with E-state index in [9.17, 15) is 13.2 Å². The highest BCUT2D eigenvalue weighted by Gasteiger charge is 2.28. The fourth-order valence-corrected chi connectivity index (χ4v) is 4.10. The molecule has 2 aromatic carbocycles. The maximum atomic E-state index is 12.8. The fourth-order valence-electron chi connectivity index (χ4n) is 2.39. The van der Waals surface area contributed by atoms with E-state index in [0.29, 0.717) is 6.54 Å². The van der Waals surface area contributed by atoms with Gasteiger partial charge in [0.25, 0.3) is 5.91 Å². The van der Waals surface area contributed by atoms with Gasteiger partial charge < -0.3 is 5.32 Å². The number of hydrogen-bond acceptors (Lipinski definition) is 3. The van der Waals surface area contributed by atoms with E-state index < -0.39 is 15.6 Å². The van der Waals surface area contributed by atoms with Crippen molar-refractivity contribution >= 4 is 31.9 Å². The van der Waals surface area contributed by atoms with Crippen LogP contribution in [0.4, 0.5) is 0 Å². The zero-order chi connectivity index (χ0) is 19.4. The predicted octanol–water partition coefficient (Wildman–Crippen LogP) is 3.58. The summed E-state index contributed by atoms with van der Waals surface area (Å²) in [4.78, 5) is 12.1. The van der Waals surface area contributed by atoms with E-state index in [4.69, 9.17) is 0 Å². The maximum Gasteiger partial charge on any atom is 0.251 e. The summed E-state index contributed by atoms with van der Waals surface area (Å²) in [5.74, 6) is -0.353. The number of sulfonamides is 1. The van der Waals surface area contributed by atoms with Gasteiger partial charge >= 0.3 is 0 Å². The fraction of sp³-hybridized carbons (Fsp3) is 0.211. The first-order valence-electron chi connectivity index (χ1n) is 7.95. The number of rotatable bonds is 7. The summed E-state index contributed by atoms with van der Waals surface area (Å²) >= 11 is 3.37. The molecule has 0 aliphatic heterocycles. The third-order valence-corrected chi connectivity index (χ3v) is 5.95. The Morgan fingerprint density at radius 2 is 1.85 bits per heavy atom. The Morgan fingerprint density at radius 3 is 2.46 bits per heavy atom. The summed E-state index contributed by atoms with van der Waals surface area (Å²) in [6.07, 6.45) is 1.56. The van der Waals surface area contributed by atoms with E-state index >= 15 is 0 Å². The van der Waals surface area contributed by atoms with Gasteiger partial charge in [0, 0.05) is 16.6 Å². The number of carbonyl (C=O) groups excluding carboxylic acids is 1. The number of benzene rings is 2. The molecule has 0 aliphatic carbocycles. The van der Waals surface area contributed by atoms with Gasteiger partial charge in [-0.3, -0.25) is 4.79 Å². The summed E-state index contributed by atoms with van der Waals surface area (Å²) in [5, 5.41) is 2.63. The number of carbonyl (C=O) groups is 1. The van der Waals surface area contributed by atoms with Gasteiger partial charge in [-0.2, -0.15) is 0 Å². The summed E-state index contributed by atoms with van der Waals surface area (Å²) in [5.41, 5.74) is 0.279. The molecule has 0 saturated heterocycles. The van der Waals surface area contributed by atoms with Crippen LogP contribution in [0.2, 0.25) is 0 Å². The van der Waals surface area contributed by atoms with E-state index in [-0.39, 0.29) is 16.4 Å². The van der Waals surface area contributed by atoms with E-state index in [1.54, 1.807) is 32.1 Å². The lowest BCUT2D eigenvalue weighted by Crippen LogP contribution is -2.41. The van der Waals surface area contributed by atoms with Gasteiger partial charge in [0.2, 0.25) is 10.0 Å². The van der Waals surface area contributed by atoms with Crippen molar-refractivity contribution in [2.75, 3.05) is 6.54 Å². The first-order chi connectivity index (χ1) is 12.2. The minimum atomic E-state index is -3.81. The zero-order valence-corrected chi connectivity index (χ0v) is 17.0. The number of halogens is 1. The highest BCUT2D eigenvalue weighted by Crippen LogP contribution is 2.25. The first kappa shape index (κ1) is 20.4. The lowest BCUT2D eigenvalue weighted by atomic mass is 9.96. The third-order valence-electron chi connectivity index (χ3n) is 3.77. The molecule has 2 N–H and O–H groups in total. The summed E-state index contributed by atoms with van der Waals surface area (Å²) in [6.45, 7) is 7.42. The van der Waals surface area contributed by atoms with Crippen LogP contribution in [0.3, 0.4) is 0 Å². The van der Waals surface area contributed by atoms with Crippen LogP contribution in [0.25, 0.3) is 0 Å². The van der Waals surface area contributed by atoms with Crippen molar-refractivity contribution in [3.05, 3.63) is 76.8 Å². The molecule has 1 amide bonds. The van der Waals surface area contributed by atoms with Gasteiger partial charge in [-0.1, -0.05) is 40.2 Å². The van der Waals surface area contributed by atoms with Gasteiger partial charge in [-0.25, -0.2) is 13.1 Å². The second kappa shape index (κ2) is 8.16. The largest absolute Gasteiger partial charge is 0.349 e. The molecule has 0 atom stereocenters.